The molecule has 0 unspecified atom stereocenters. The predicted octanol–water partition coefficient (Wildman–Crippen LogP) is 4.12. The quantitative estimate of drug-likeness (QED) is 0.571. The van der Waals surface area contributed by atoms with Crippen LogP contribution in [0.15, 0.2) is 96.0 Å². The first-order valence-electron chi connectivity index (χ1n) is 7.84. The molecule has 0 saturated heterocycles. The van der Waals surface area contributed by atoms with E-state index in [2.05, 4.69) is 10.3 Å². The van der Waals surface area contributed by atoms with E-state index in [1.165, 1.54) is 0 Å². The number of benzene rings is 3. The van der Waals surface area contributed by atoms with Crippen molar-refractivity contribution in [2.24, 2.45) is 4.99 Å². The SMILES string of the molecule is O=C(Cc1ccccc1)NC(=Nc1ccccc1)c1ccccc1. The molecule has 0 aliphatic rings. The first-order chi connectivity index (χ1) is 11.8. The van der Waals surface area contributed by atoms with Crippen molar-refractivity contribution in [1.82, 2.24) is 5.32 Å². The number of carbonyl (C=O) groups excluding carboxylic acids is 1. The zero-order valence-corrected chi connectivity index (χ0v) is 13.2. The second-order valence-corrected chi connectivity index (χ2v) is 5.37. The molecule has 0 aromatic heterocycles. The van der Waals surface area contributed by atoms with Gasteiger partial charge in [0.15, 0.2) is 0 Å². The minimum absolute atomic E-state index is 0.0836. The fourth-order valence-corrected chi connectivity index (χ4v) is 2.35. The lowest BCUT2D eigenvalue weighted by atomic mass is 10.1. The smallest absolute Gasteiger partial charge is 0.229 e. The summed E-state index contributed by atoms with van der Waals surface area (Å²) in [6.45, 7) is 0. The van der Waals surface area contributed by atoms with E-state index in [1.54, 1.807) is 0 Å². The third kappa shape index (κ3) is 4.40. The highest BCUT2D eigenvalue weighted by Crippen LogP contribution is 2.12. The molecule has 0 spiro atoms. The van der Waals surface area contributed by atoms with Gasteiger partial charge < -0.3 is 5.32 Å². The Bertz CT molecular complexity index is 812. The standard InChI is InChI=1S/C21H18N2O/c24-20(16-17-10-4-1-5-11-17)23-21(18-12-6-2-7-13-18)22-19-14-8-3-9-15-19/h1-15H,16H2,(H,22,23,24). The van der Waals surface area contributed by atoms with Crippen molar-refractivity contribution < 1.29 is 4.79 Å². The van der Waals surface area contributed by atoms with Crippen molar-refractivity contribution >= 4 is 17.4 Å². The third-order valence-corrected chi connectivity index (χ3v) is 3.51. The fraction of sp³-hybridized carbons (Fsp3) is 0.0476. The highest BCUT2D eigenvalue weighted by Gasteiger charge is 2.09. The maximum absolute atomic E-state index is 12.4. The zero-order chi connectivity index (χ0) is 16.6. The maximum Gasteiger partial charge on any atom is 0.229 e. The zero-order valence-electron chi connectivity index (χ0n) is 13.2. The molecule has 3 aromatic rings. The summed E-state index contributed by atoms with van der Waals surface area (Å²) in [6, 6.07) is 29.0. The Morgan fingerprint density at radius 2 is 1.29 bits per heavy atom. The summed E-state index contributed by atoms with van der Waals surface area (Å²) in [5.41, 5.74) is 2.65. The summed E-state index contributed by atoms with van der Waals surface area (Å²) in [5.74, 6) is 0.475. The Morgan fingerprint density at radius 1 is 0.750 bits per heavy atom. The number of rotatable bonds is 4. The average Bonchev–Trinajstić information content (AvgIpc) is 2.63. The van der Waals surface area contributed by atoms with Crippen LogP contribution in [-0.2, 0) is 11.2 Å². The van der Waals surface area contributed by atoms with Gasteiger partial charge in [-0.1, -0.05) is 78.9 Å². The Balaban J connectivity index is 1.83. The Hall–Kier alpha value is -3.20. The van der Waals surface area contributed by atoms with Crippen molar-refractivity contribution in [1.29, 1.82) is 0 Å². The summed E-state index contributed by atoms with van der Waals surface area (Å²) >= 11 is 0. The lowest BCUT2D eigenvalue weighted by Crippen LogP contribution is -2.32. The van der Waals surface area contributed by atoms with Gasteiger partial charge in [-0.05, 0) is 17.7 Å². The molecule has 3 heteroatoms. The van der Waals surface area contributed by atoms with Crippen LogP contribution in [0.4, 0.5) is 5.69 Å². The normalized spacial score (nSPS) is 11.1. The number of carbonyl (C=O) groups is 1. The first kappa shape index (κ1) is 15.7. The van der Waals surface area contributed by atoms with Crippen LogP contribution in [0.25, 0.3) is 0 Å². The maximum atomic E-state index is 12.4. The highest BCUT2D eigenvalue weighted by molar-refractivity contribution is 6.09. The predicted molar refractivity (Wildman–Crippen MR) is 97.4 cm³/mol. The molecule has 0 heterocycles. The van der Waals surface area contributed by atoms with E-state index in [4.69, 9.17) is 0 Å². The number of aliphatic imine (C=N–C) groups is 1. The molecule has 24 heavy (non-hydrogen) atoms. The van der Waals surface area contributed by atoms with Gasteiger partial charge >= 0.3 is 0 Å². The van der Waals surface area contributed by atoms with Crippen LogP contribution in [0.1, 0.15) is 11.1 Å². The molecular formula is C21H18N2O. The molecule has 0 aliphatic carbocycles. The van der Waals surface area contributed by atoms with Gasteiger partial charge in [-0.25, -0.2) is 4.99 Å². The molecule has 0 radical (unpaired) electrons. The topological polar surface area (TPSA) is 41.5 Å². The van der Waals surface area contributed by atoms with Crippen LogP contribution in [-0.4, -0.2) is 11.7 Å². The van der Waals surface area contributed by atoms with Gasteiger partial charge in [0, 0.05) is 5.56 Å². The van der Waals surface area contributed by atoms with Crippen molar-refractivity contribution in [2.45, 2.75) is 6.42 Å². The van der Waals surface area contributed by atoms with Crippen LogP contribution in [0, 0.1) is 0 Å². The number of hydrogen-bond donors (Lipinski definition) is 1. The average molecular weight is 314 g/mol. The van der Waals surface area contributed by atoms with Gasteiger partial charge in [-0.2, -0.15) is 0 Å². The van der Waals surface area contributed by atoms with Crippen molar-refractivity contribution in [3.05, 3.63) is 102 Å². The minimum Gasteiger partial charge on any atom is -0.310 e. The van der Waals surface area contributed by atoms with Crippen molar-refractivity contribution in [3.8, 4) is 0 Å². The van der Waals surface area contributed by atoms with E-state index in [1.807, 2.05) is 91.0 Å². The molecule has 118 valence electrons. The molecule has 0 fully saturated rings. The molecule has 0 aliphatic heterocycles. The molecule has 0 atom stereocenters. The fourth-order valence-electron chi connectivity index (χ4n) is 2.35. The molecule has 1 amide bonds. The number of para-hydroxylation sites is 1. The highest BCUT2D eigenvalue weighted by atomic mass is 16.1. The molecule has 0 bridgehead atoms. The Morgan fingerprint density at radius 3 is 1.92 bits per heavy atom. The van der Waals surface area contributed by atoms with E-state index >= 15 is 0 Å². The second kappa shape index (κ2) is 7.88. The lowest BCUT2D eigenvalue weighted by Gasteiger charge is -2.09. The van der Waals surface area contributed by atoms with Crippen LogP contribution >= 0.6 is 0 Å². The number of nitrogens with one attached hydrogen (secondary N) is 1. The van der Waals surface area contributed by atoms with Crippen LogP contribution in [0.2, 0.25) is 0 Å². The summed E-state index contributed by atoms with van der Waals surface area (Å²) in [4.78, 5) is 17.0. The lowest BCUT2D eigenvalue weighted by molar-refractivity contribution is -0.119. The second-order valence-electron chi connectivity index (χ2n) is 5.37. The van der Waals surface area contributed by atoms with Crippen molar-refractivity contribution in [3.63, 3.8) is 0 Å². The summed E-state index contributed by atoms with van der Waals surface area (Å²) in [5, 5.41) is 2.94. The number of amidine groups is 1. The van der Waals surface area contributed by atoms with E-state index in [0.717, 1.165) is 16.8 Å². The van der Waals surface area contributed by atoms with Gasteiger partial charge in [0.05, 0.1) is 12.1 Å². The number of amides is 1. The Labute approximate surface area is 141 Å². The van der Waals surface area contributed by atoms with Gasteiger partial charge in [0.2, 0.25) is 5.91 Å². The summed E-state index contributed by atoms with van der Waals surface area (Å²) in [6.07, 6.45) is 0.321. The van der Waals surface area contributed by atoms with Crippen molar-refractivity contribution in [2.75, 3.05) is 0 Å². The monoisotopic (exact) mass is 314 g/mol. The first-order valence-corrected chi connectivity index (χ1v) is 7.84. The molecule has 0 saturated carbocycles. The van der Waals surface area contributed by atoms with E-state index in [0.29, 0.717) is 12.3 Å². The van der Waals surface area contributed by atoms with Crippen LogP contribution in [0.5, 0.6) is 0 Å². The van der Waals surface area contributed by atoms with E-state index in [9.17, 15) is 4.79 Å². The summed E-state index contributed by atoms with van der Waals surface area (Å²) in [7, 11) is 0. The molecule has 3 nitrogen and oxygen atoms in total. The molecule has 3 rings (SSSR count). The molecular weight excluding hydrogens is 296 g/mol. The van der Waals surface area contributed by atoms with E-state index < -0.39 is 0 Å². The molecule has 1 N–H and O–H groups in total. The summed E-state index contributed by atoms with van der Waals surface area (Å²) < 4.78 is 0. The van der Waals surface area contributed by atoms with Gasteiger partial charge in [0.1, 0.15) is 5.84 Å². The third-order valence-electron chi connectivity index (χ3n) is 3.51. The van der Waals surface area contributed by atoms with Gasteiger partial charge in [-0.3, -0.25) is 4.79 Å². The van der Waals surface area contributed by atoms with E-state index in [-0.39, 0.29) is 5.91 Å². The largest absolute Gasteiger partial charge is 0.310 e. The molecule has 3 aromatic carbocycles. The van der Waals surface area contributed by atoms with Crippen LogP contribution in [0.3, 0.4) is 0 Å². The van der Waals surface area contributed by atoms with Gasteiger partial charge in [-0.15, -0.1) is 0 Å². The minimum atomic E-state index is -0.0836. The number of hydrogen-bond acceptors (Lipinski definition) is 2. The van der Waals surface area contributed by atoms with Gasteiger partial charge in [0.25, 0.3) is 0 Å². The van der Waals surface area contributed by atoms with Crippen LogP contribution < -0.4 is 5.32 Å². The number of nitrogens with zero attached hydrogens (tertiary/aromatic N) is 1. The Kier molecular flexibility index (Phi) is 5.15.